The summed E-state index contributed by atoms with van der Waals surface area (Å²) in [7, 11) is 3.81. The van der Waals surface area contributed by atoms with Crippen molar-refractivity contribution in [2.75, 3.05) is 40.3 Å². The van der Waals surface area contributed by atoms with E-state index in [1.54, 1.807) is 13.3 Å². The van der Waals surface area contributed by atoms with E-state index in [4.69, 9.17) is 4.74 Å². The molecule has 0 aliphatic carbocycles. The molecule has 1 aliphatic rings. The summed E-state index contributed by atoms with van der Waals surface area (Å²) in [5.74, 6) is 0.613. The Kier molecular flexibility index (Phi) is 4.65. The Morgan fingerprint density at radius 1 is 1.09 bits per heavy atom. The number of nitrogens with zero attached hydrogens (tertiary/aromatic N) is 4. The topological polar surface area (TPSA) is 41.5 Å². The molecule has 0 atom stereocenters. The number of hydrogen-bond donors (Lipinski definition) is 0. The zero-order chi connectivity index (χ0) is 15.4. The van der Waals surface area contributed by atoms with Gasteiger partial charge in [-0.05, 0) is 30.8 Å². The van der Waals surface area contributed by atoms with Gasteiger partial charge in [0.2, 0.25) is 5.88 Å². The van der Waals surface area contributed by atoms with Gasteiger partial charge in [0, 0.05) is 45.1 Å². The molecule has 0 amide bonds. The molecule has 5 nitrogen and oxygen atoms in total. The molecular formula is C17H22N4O. The van der Waals surface area contributed by atoms with Crippen molar-refractivity contribution in [2.45, 2.75) is 6.54 Å². The van der Waals surface area contributed by atoms with Gasteiger partial charge < -0.3 is 9.64 Å². The van der Waals surface area contributed by atoms with Crippen LogP contribution in [-0.2, 0) is 6.54 Å². The Balaban J connectivity index is 1.70. The summed E-state index contributed by atoms with van der Waals surface area (Å²) in [5, 5.41) is 0. The molecule has 22 heavy (non-hydrogen) atoms. The van der Waals surface area contributed by atoms with Crippen molar-refractivity contribution in [3.8, 4) is 17.1 Å². The lowest BCUT2D eigenvalue weighted by Gasteiger charge is -2.32. The number of pyridine rings is 2. The van der Waals surface area contributed by atoms with Gasteiger partial charge in [-0.15, -0.1) is 0 Å². The Morgan fingerprint density at radius 2 is 1.91 bits per heavy atom. The lowest BCUT2D eigenvalue weighted by Crippen LogP contribution is -2.43. The van der Waals surface area contributed by atoms with E-state index in [1.807, 2.05) is 24.4 Å². The lowest BCUT2D eigenvalue weighted by molar-refractivity contribution is 0.148. The minimum absolute atomic E-state index is 0.613. The van der Waals surface area contributed by atoms with Crippen LogP contribution in [0.2, 0.25) is 0 Å². The predicted molar refractivity (Wildman–Crippen MR) is 86.8 cm³/mol. The third-order valence-corrected chi connectivity index (χ3v) is 4.07. The van der Waals surface area contributed by atoms with Crippen LogP contribution in [0.15, 0.2) is 36.7 Å². The highest BCUT2D eigenvalue weighted by molar-refractivity contribution is 5.64. The van der Waals surface area contributed by atoms with Crippen LogP contribution in [0.3, 0.4) is 0 Å². The number of ether oxygens (including phenoxy) is 1. The molecule has 0 unspecified atom stereocenters. The molecular weight excluding hydrogens is 276 g/mol. The van der Waals surface area contributed by atoms with E-state index in [1.165, 1.54) is 5.56 Å². The second kappa shape index (κ2) is 6.85. The lowest BCUT2D eigenvalue weighted by atomic mass is 10.1. The third kappa shape index (κ3) is 3.43. The summed E-state index contributed by atoms with van der Waals surface area (Å²) in [4.78, 5) is 13.6. The highest BCUT2D eigenvalue weighted by Gasteiger charge is 2.14. The summed E-state index contributed by atoms with van der Waals surface area (Å²) < 4.78 is 5.30. The molecule has 2 aromatic heterocycles. The number of piperazine rings is 1. The summed E-state index contributed by atoms with van der Waals surface area (Å²) in [6.07, 6.45) is 3.68. The maximum atomic E-state index is 5.30. The normalized spacial score (nSPS) is 16.6. The Labute approximate surface area is 131 Å². The van der Waals surface area contributed by atoms with Crippen LogP contribution in [-0.4, -0.2) is 60.1 Å². The van der Waals surface area contributed by atoms with Gasteiger partial charge in [0.15, 0.2) is 0 Å². The molecule has 0 aromatic carbocycles. The average molecular weight is 298 g/mol. The van der Waals surface area contributed by atoms with Gasteiger partial charge in [0.05, 0.1) is 18.4 Å². The second-order valence-electron chi connectivity index (χ2n) is 5.69. The number of rotatable bonds is 4. The van der Waals surface area contributed by atoms with Crippen molar-refractivity contribution in [2.24, 2.45) is 0 Å². The van der Waals surface area contributed by atoms with Gasteiger partial charge in [-0.1, -0.05) is 6.07 Å². The van der Waals surface area contributed by atoms with E-state index >= 15 is 0 Å². The first kappa shape index (κ1) is 14.9. The van der Waals surface area contributed by atoms with Gasteiger partial charge in [-0.2, -0.15) is 0 Å². The molecule has 1 aliphatic heterocycles. The summed E-state index contributed by atoms with van der Waals surface area (Å²) in [6, 6.07) is 8.07. The maximum absolute atomic E-state index is 5.30. The SMILES string of the molecule is COc1ncccc1-c1ccc(CN2CCN(C)CC2)cn1. The molecule has 2 aromatic rings. The Hall–Kier alpha value is -1.98. The van der Waals surface area contributed by atoms with Crippen LogP contribution in [0.5, 0.6) is 5.88 Å². The number of hydrogen-bond acceptors (Lipinski definition) is 5. The molecule has 3 rings (SSSR count). The van der Waals surface area contributed by atoms with E-state index in [0.29, 0.717) is 5.88 Å². The van der Waals surface area contributed by atoms with Crippen LogP contribution < -0.4 is 4.74 Å². The van der Waals surface area contributed by atoms with Gasteiger partial charge in [0.25, 0.3) is 0 Å². The molecule has 116 valence electrons. The number of likely N-dealkylation sites (N-methyl/N-ethyl adjacent to an activating group) is 1. The van der Waals surface area contributed by atoms with Crippen molar-refractivity contribution in [1.29, 1.82) is 0 Å². The van der Waals surface area contributed by atoms with Crippen molar-refractivity contribution >= 4 is 0 Å². The molecule has 0 saturated carbocycles. The van der Waals surface area contributed by atoms with Crippen LogP contribution in [0.1, 0.15) is 5.56 Å². The monoisotopic (exact) mass is 298 g/mol. The van der Waals surface area contributed by atoms with E-state index in [9.17, 15) is 0 Å². The molecule has 0 spiro atoms. The zero-order valence-corrected chi connectivity index (χ0v) is 13.2. The summed E-state index contributed by atoms with van der Waals surface area (Å²) >= 11 is 0. The Morgan fingerprint density at radius 3 is 2.59 bits per heavy atom. The summed E-state index contributed by atoms with van der Waals surface area (Å²) in [6.45, 7) is 5.48. The van der Waals surface area contributed by atoms with Gasteiger partial charge in [-0.3, -0.25) is 9.88 Å². The first-order valence-corrected chi connectivity index (χ1v) is 7.61. The molecule has 0 radical (unpaired) electrons. The van der Waals surface area contributed by atoms with Crippen molar-refractivity contribution < 1.29 is 4.74 Å². The van der Waals surface area contributed by atoms with Crippen molar-refractivity contribution in [3.63, 3.8) is 0 Å². The van der Waals surface area contributed by atoms with Crippen molar-refractivity contribution in [1.82, 2.24) is 19.8 Å². The maximum Gasteiger partial charge on any atom is 0.222 e. The molecule has 1 saturated heterocycles. The Bertz CT molecular complexity index is 606. The second-order valence-corrected chi connectivity index (χ2v) is 5.69. The molecule has 0 bridgehead atoms. The fraction of sp³-hybridized carbons (Fsp3) is 0.412. The number of aromatic nitrogens is 2. The van der Waals surface area contributed by atoms with E-state index < -0.39 is 0 Å². The largest absolute Gasteiger partial charge is 0.481 e. The quantitative estimate of drug-likeness (QED) is 0.862. The molecule has 0 N–H and O–H groups in total. The molecule has 1 fully saturated rings. The van der Waals surface area contributed by atoms with Gasteiger partial charge >= 0.3 is 0 Å². The fourth-order valence-electron chi connectivity index (χ4n) is 2.69. The van der Waals surface area contributed by atoms with Crippen molar-refractivity contribution in [3.05, 3.63) is 42.2 Å². The average Bonchev–Trinajstić information content (AvgIpc) is 2.58. The number of methoxy groups -OCH3 is 1. The van der Waals surface area contributed by atoms with Crippen LogP contribution >= 0.6 is 0 Å². The fourth-order valence-corrected chi connectivity index (χ4v) is 2.69. The highest BCUT2D eigenvalue weighted by atomic mass is 16.5. The van der Waals surface area contributed by atoms with Gasteiger partial charge in [0.1, 0.15) is 0 Å². The van der Waals surface area contributed by atoms with Crippen LogP contribution in [0.4, 0.5) is 0 Å². The smallest absolute Gasteiger partial charge is 0.222 e. The third-order valence-electron chi connectivity index (χ3n) is 4.07. The summed E-state index contributed by atoms with van der Waals surface area (Å²) in [5.41, 5.74) is 3.07. The van der Waals surface area contributed by atoms with Crippen LogP contribution in [0.25, 0.3) is 11.3 Å². The highest BCUT2D eigenvalue weighted by Crippen LogP contribution is 2.25. The first-order chi connectivity index (χ1) is 10.8. The minimum Gasteiger partial charge on any atom is -0.481 e. The van der Waals surface area contributed by atoms with E-state index in [-0.39, 0.29) is 0 Å². The first-order valence-electron chi connectivity index (χ1n) is 7.61. The zero-order valence-electron chi connectivity index (χ0n) is 13.2. The molecule has 5 heteroatoms. The van der Waals surface area contributed by atoms with E-state index in [0.717, 1.165) is 44.0 Å². The molecule has 3 heterocycles. The minimum atomic E-state index is 0.613. The van der Waals surface area contributed by atoms with Gasteiger partial charge in [-0.25, -0.2) is 4.98 Å². The van der Waals surface area contributed by atoms with E-state index in [2.05, 4.69) is 32.9 Å². The standard InChI is InChI=1S/C17H22N4O/c1-20-8-10-21(11-9-20)13-14-5-6-16(19-12-14)15-4-3-7-18-17(15)22-2/h3-7,12H,8-11,13H2,1-2H3. The predicted octanol–water partition coefficient (Wildman–Crippen LogP) is 1.90. The van der Waals surface area contributed by atoms with Crippen LogP contribution in [0, 0.1) is 0 Å².